The molecule has 2 aliphatic heterocycles. The van der Waals surface area contributed by atoms with Crippen LogP contribution in [0.3, 0.4) is 0 Å². The van der Waals surface area contributed by atoms with Gasteiger partial charge in [0.25, 0.3) is 0 Å². The Kier molecular flexibility index (Phi) is 7.99. The average Bonchev–Trinajstić information content (AvgIpc) is 2.99. The quantitative estimate of drug-likeness (QED) is 0.317. The largest absolute Gasteiger partial charge is 0.384 e. The minimum Gasteiger partial charge on any atom is -0.384 e. The van der Waals surface area contributed by atoms with Crippen molar-refractivity contribution in [2.24, 2.45) is 0 Å². The van der Waals surface area contributed by atoms with Gasteiger partial charge in [-0.25, -0.2) is 18.6 Å². The van der Waals surface area contributed by atoms with E-state index in [9.17, 15) is 4.79 Å². The van der Waals surface area contributed by atoms with E-state index in [4.69, 9.17) is 27.9 Å². The second-order valence-corrected chi connectivity index (χ2v) is 9.98. The first-order chi connectivity index (χ1) is 18.4. The summed E-state index contributed by atoms with van der Waals surface area (Å²) in [5.41, 5.74) is 1.07. The minimum atomic E-state index is -0.892. The van der Waals surface area contributed by atoms with E-state index in [1.807, 2.05) is 0 Å². The van der Waals surface area contributed by atoms with Crippen LogP contribution in [0.2, 0.25) is 10.0 Å². The highest BCUT2D eigenvalue weighted by atomic mass is 35.5. The van der Waals surface area contributed by atoms with Crippen molar-refractivity contribution >= 4 is 52.1 Å². The van der Waals surface area contributed by atoms with Crippen LogP contribution in [0, 0.1) is 11.6 Å². The van der Waals surface area contributed by atoms with E-state index >= 15 is 8.78 Å². The predicted molar refractivity (Wildman–Crippen MR) is 147 cm³/mol. The van der Waals surface area contributed by atoms with Crippen molar-refractivity contribution in [3.8, 4) is 11.1 Å². The number of carbonyl (C=O) groups is 1. The van der Waals surface area contributed by atoms with Crippen LogP contribution in [0.5, 0.6) is 0 Å². The van der Waals surface area contributed by atoms with Crippen LogP contribution in [0.4, 0.5) is 36.5 Å². The van der Waals surface area contributed by atoms with Gasteiger partial charge in [0, 0.05) is 66.9 Å². The van der Waals surface area contributed by atoms with Crippen LogP contribution in [-0.2, 0) is 4.74 Å². The number of fused-ring (bicyclic) bond motifs is 3. The third-order valence-electron chi connectivity index (χ3n) is 6.67. The average molecular weight is 562 g/mol. The van der Waals surface area contributed by atoms with Crippen LogP contribution in [0.1, 0.15) is 19.8 Å². The fourth-order valence-corrected chi connectivity index (χ4v) is 5.17. The molecule has 0 atom stereocenters. The monoisotopic (exact) mass is 561 g/mol. The van der Waals surface area contributed by atoms with Gasteiger partial charge in [-0.15, -0.1) is 0 Å². The SMILES string of the molecule is CCN1C(=O)N(c2c(F)cc(NCCNC3CCOCC3)cc2F)c2cc(Cl)ccc2-c2cc(Cl)cnc21. The lowest BCUT2D eigenvalue weighted by Gasteiger charge is -2.28. The molecular formula is C27H27Cl2F2N5O2. The molecule has 200 valence electrons. The van der Waals surface area contributed by atoms with Gasteiger partial charge in [0.2, 0.25) is 0 Å². The van der Waals surface area contributed by atoms with Gasteiger partial charge in [-0.3, -0.25) is 9.80 Å². The van der Waals surface area contributed by atoms with Gasteiger partial charge in [-0.2, -0.15) is 0 Å². The lowest BCUT2D eigenvalue weighted by atomic mass is 10.0. The number of hydrogen-bond acceptors (Lipinski definition) is 5. The van der Waals surface area contributed by atoms with Crippen LogP contribution < -0.4 is 20.4 Å². The van der Waals surface area contributed by atoms with E-state index in [1.165, 1.54) is 29.3 Å². The molecule has 1 saturated heterocycles. The second kappa shape index (κ2) is 11.4. The van der Waals surface area contributed by atoms with Crippen molar-refractivity contribution in [2.45, 2.75) is 25.8 Å². The van der Waals surface area contributed by atoms with Crippen molar-refractivity contribution in [3.63, 3.8) is 0 Å². The summed E-state index contributed by atoms with van der Waals surface area (Å²) in [4.78, 5) is 20.6. The number of nitrogens with one attached hydrogen (secondary N) is 2. The summed E-state index contributed by atoms with van der Waals surface area (Å²) in [6, 6.07) is 8.59. The second-order valence-electron chi connectivity index (χ2n) is 9.10. The minimum absolute atomic E-state index is 0.210. The number of pyridine rings is 1. The van der Waals surface area contributed by atoms with Gasteiger partial charge in [0.15, 0.2) is 11.6 Å². The van der Waals surface area contributed by atoms with Crippen molar-refractivity contribution < 1.29 is 18.3 Å². The number of amides is 2. The molecule has 2 aromatic carbocycles. The Balaban J connectivity index is 1.48. The Bertz CT molecular complexity index is 1330. The molecule has 11 heteroatoms. The molecule has 0 spiro atoms. The molecule has 0 unspecified atom stereocenters. The smallest absolute Gasteiger partial charge is 0.334 e. The number of benzene rings is 2. The predicted octanol–water partition coefficient (Wildman–Crippen LogP) is 6.61. The number of nitrogens with zero attached hydrogens (tertiary/aromatic N) is 3. The number of anilines is 4. The first-order valence-corrected chi connectivity index (χ1v) is 13.2. The first kappa shape index (κ1) is 26.6. The zero-order chi connectivity index (χ0) is 26.8. The zero-order valence-electron chi connectivity index (χ0n) is 20.7. The van der Waals surface area contributed by atoms with Crippen molar-refractivity contribution in [1.29, 1.82) is 0 Å². The molecule has 1 aromatic heterocycles. The van der Waals surface area contributed by atoms with E-state index in [0.717, 1.165) is 31.0 Å². The molecule has 0 saturated carbocycles. The van der Waals surface area contributed by atoms with Gasteiger partial charge in [0.05, 0.1) is 10.7 Å². The Morgan fingerprint density at radius 3 is 2.47 bits per heavy atom. The highest BCUT2D eigenvalue weighted by molar-refractivity contribution is 6.32. The molecular weight excluding hydrogens is 535 g/mol. The van der Waals surface area contributed by atoms with E-state index in [0.29, 0.717) is 46.1 Å². The molecule has 0 bridgehead atoms. The Morgan fingerprint density at radius 2 is 1.76 bits per heavy atom. The maximum atomic E-state index is 15.6. The third-order valence-corrected chi connectivity index (χ3v) is 7.11. The van der Waals surface area contributed by atoms with Crippen LogP contribution >= 0.6 is 23.2 Å². The molecule has 38 heavy (non-hydrogen) atoms. The molecule has 3 heterocycles. The van der Waals surface area contributed by atoms with Crippen molar-refractivity contribution in [3.05, 3.63) is 64.3 Å². The molecule has 0 aliphatic carbocycles. The molecule has 5 rings (SSSR count). The number of aromatic nitrogens is 1. The molecule has 2 aliphatic rings. The summed E-state index contributed by atoms with van der Waals surface area (Å²) in [6.45, 7) is 4.54. The van der Waals surface area contributed by atoms with Gasteiger partial charge in [-0.1, -0.05) is 29.3 Å². The Morgan fingerprint density at radius 1 is 1.03 bits per heavy atom. The number of carbonyl (C=O) groups excluding carboxylic acids is 1. The van der Waals surface area contributed by atoms with Gasteiger partial charge in [0.1, 0.15) is 11.5 Å². The van der Waals surface area contributed by atoms with E-state index in [-0.39, 0.29) is 17.9 Å². The van der Waals surface area contributed by atoms with Crippen molar-refractivity contribution in [1.82, 2.24) is 10.3 Å². The molecule has 2 N–H and O–H groups in total. The standard InChI is InChI=1S/C27H27Cl2F2N5O2/c1-2-35-26-21(11-17(29)15-34-26)20-4-3-16(28)12-24(20)36(27(35)37)25-22(30)13-19(14-23(25)31)33-8-7-32-18-5-9-38-10-6-18/h3-4,11-15,18,32-33H,2,5-10H2,1H3. The Labute approximate surface area is 229 Å². The summed E-state index contributed by atoms with van der Waals surface area (Å²) >= 11 is 12.5. The highest BCUT2D eigenvalue weighted by Gasteiger charge is 2.36. The lowest BCUT2D eigenvalue weighted by molar-refractivity contribution is 0.0784. The van der Waals surface area contributed by atoms with E-state index in [2.05, 4.69) is 15.6 Å². The van der Waals surface area contributed by atoms with Gasteiger partial charge >= 0.3 is 6.03 Å². The van der Waals surface area contributed by atoms with Gasteiger partial charge < -0.3 is 15.4 Å². The molecule has 1 fully saturated rings. The van der Waals surface area contributed by atoms with Crippen molar-refractivity contribution in [2.75, 3.05) is 48.0 Å². The third kappa shape index (κ3) is 5.29. The number of urea groups is 1. The number of rotatable bonds is 7. The number of halogens is 4. The summed E-state index contributed by atoms with van der Waals surface area (Å²) in [7, 11) is 0. The van der Waals surface area contributed by atoms with Crippen LogP contribution in [0.25, 0.3) is 11.1 Å². The van der Waals surface area contributed by atoms with E-state index < -0.39 is 23.4 Å². The lowest BCUT2D eigenvalue weighted by Crippen LogP contribution is -2.41. The fourth-order valence-electron chi connectivity index (χ4n) is 4.84. The maximum absolute atomic E-state index is 15.6. The summed E-state index contributed by atoms with van der Waals surface area (Å²) in [5, 5.41) is 7.14. The molecule has 7 nitrogen and oxygen atoms in total. The van der Waals surface area contributed by atoms with Crippen LogP contribution in [-0.4, -0.2) is 49.9 Å². The number of ether oxygens (including phenoxy) is 1. The topological polar surface area (TPSA) is 69.7 Å². The number of hydrogen-bond donors (Lipinski definition) is 2. The first-order valence-electron chi connectivity index (χ1n) is 12.5. The Hall–Kier alpha value is -2.98. The van der Waals surface area contributed by atoms with Crippen LogP contribution in [0.15, 0.2) is 42.6 Å². The summed E-state index contributed by atoms with van der Waals surface area (Å²) < 4.78 is 36.6. The zero-order valence-corrected chi connectivity index (χ0v) is 22.3. The molecule has 3 aromatic rings. The van der Waals surface area contributed by atoms with E-state index in [1.54, 1.807) is 25.1 Å². The normalized spacial score (nSPS) is 15.8. The highest BCUT2D eigenvalue weighted by Crippen LogP contribution is 2.46. The fraction of sp³-hybridized carbons (Fsp3) is 0.333. The molecule has 0 radical (unpaired) electrons. The maximum Gasteiger partial charge on any atom is 0.334 e. The van der Waals surface area contributed by atoms with Gasteiger partial charge in [-0.05, 0) is 50.1 Å². The molecule has 2 amide bonds. The summed E-state index contributed by atoms with van der Waals surface area (Å²) in [5.74, 6) is -1.45. The summed E-state index contributed by atoms with van der Waals surface area (Å²) in [6.07, 6.45) is 3.31.